The van der Waals surface area contributed by atoms with Gasteiger partial charge in [-0.05, 0) is 24.1 Å². The van der Waals surface area contributed by atoms with E-state index in [9.17, 15) is 13.2 Å². The zero-order valence-corrected chi connectivity index (χ0v) is 16.6. The first-order chi connectivity index (χ1) is 12.3. The lowest BCUT2D eigenvalue weighted by atomic mass is 10.1. The third-order valence-corrected chi connectivity index (χ3v) is 6.26. The smallest absolute Gasteiger partial charge is 0.243 e. The number of anilines is 1. The molecule has 8 heteroatoms. The van der Waals surface area contributed by atoms with Crippen LogP contribution in [-0.2, 0) is 14.8 Å². The van der Waals surface area contributed by atoms with E-state index in [1.807, 2.05) is 13.8 Å². The molecule has 1 N–H and O–H groups in total. The van der Waals surface area contributed by atoms with E-state index in [0.717, 1.165) is 0 Å². The molecule has 0 aliphatic rings. The van der Waals surface area contributed by atoms with E-state index < -0.39 is 10.0 Å². The Hall–Kier alpha value is -2.03. The number of aromatic nitrogens is 1. The van der Waals surface area contributed by atoms with Crippen LogP contribution in [0.15, 0.2) is 48.4 Å². The summed E-state index contributed by atoms with van der Waals surface area (Å²) in [6, 6.07) is 4.76. The molecule has 1 heterocycles. The van der Waals surface area contributed by atoms with Crippen molar-refractivity contribution < 1.29 is 13.2 Å². The van der Waals surface area contributed by atoms with Crippen molar-refractivity contribution in [3.8, 4) is 0 Å². The fraction of sp³-hybridized carbons (Fsp3) is 0.333. The molecule has 0 radical (unpaired) electrons. The average Bonchev–Trinajstić information content (AvgIpc) is 2.94. The highest BCUT2D eigenvalue weighted by molar-refractivity contribution is 7.89. The van der Waals surface area contributed by atoms with Crippen LogP contribution in [0.4, 0.5) is 5.13 Å². The van der Waals surface area contributed by atoms with Crippen molar-refractivity contribution in [2.24, 2.45) is 5.92 Å². The topological polar surface area (TPSA) is 79.4 Å². The second-order valence-electron chi connectivity index (χ2n) is 6.19. The fourth-order valence-corrected chi connectivity index (χ4v) is 4.77. The van der Waals surface area contributed by atoms with Crippen molar-refractivity contribution in [3.05, 3.63) is 43.5 Å². The van der Waals surface area contributed by atoms with Crippen LogP contribution >= 0.6 is 11.3 Å². The normalized spacial score (nSPS) is 11.8. The van der Waals surface area contributed by atoms with E-state index in [1.54, 1.807) is 12.1 Å². The first-order valence-electron chi connectivity index (χ1n) is 8.20. The Morgan fingerprint density at radius 2 is 1.96 bits per heavy atom. The Balaban J connectivity index is 2.32. The molecule has 0 aliphatic heterocycles. The molecule has 0 spiro atoms. The van der Waals surface area contributed by atoms with Gasteiger partial charge >= 0.3 is 0 Å². The van der Waals surface area contributed by atoms with Crippen molar-refractivity contribution in [1.29, 1.82) is 0 Å². The van der Waals surface area contributed by atoms with Crippen molar-refractivity contribution in [2.75, 3.05) is 18.4 Å². The summed E-state index contributed by atoms with van der Waals surface area (Å²) in [5.74, 6) is 0.150. The molecule has 26 heavy (non-hydrogen) atoms. The van der Waals surface area contributed by atoms with Gasteiger partial charge in [0.25, 0.3) is 0 Å². The molecular weight excluding hydrogens is 370 g/mol. The lowest BCUT2D eigenvalue weighted by molar-refractivity contribution is -0.116. The summed E-state index contributed by atoms with van der Waals surface area (Å²) in [4.78, 5) is 16.4. The van der Waals surface area contributed by atoms with Gasteiger partial charge < -0.3 is 5.32 Å². The van der Waals surface area contributed by atoms with Gasteiger partial charge in [0.05, 0.1) is 15.1 Å². The maximum atomic E-state index is 12.8. The molecule has 0 saturated heterocycles. The maximum Gasteiger partial charge on any atom is 0.243 e. The number of nitrogens with zero attached hydrogens (tertiary/aromatic N) is 2. The number of hydrogen-bond donors (Lipinski definition) is 1. The van der Waals surface area contributed by atoms with E-state index in [4.69, 9.17) is 0 Å². The molecule has 1 aromatic carbocycles. The van der Waals surface area contributed by atoms with Crippen LogP contribution in [0.5, 0.6) is 0 Å². The van der Waals surface area contributed by atoms with Gasteiger partial charge in [0, 0.05) is 19.5 Å². The first-order valence-corrected chi connectivity index (χ1v) is 10.5. The number of amides is 1. The Bertz CT molecular complexity index is 907. The Morgan fingerprint density at radius 3 is 2.54 bits per heavy atom. The molecule has 2 aromatic rings. The summed E-state index contributed by atoms with van der Waals surface area (Å²) in [6.45, 7) is 11.5. The quantitative estimate of drug-likeness (QED) is 0.660. The molecule has 0 saturated carbocycles. The van der Waals surface area contributed by atoms with Gasteiger partial charge in [0.2, 0.25) is 15.9 Å². The van der Waals surface area contributed by atoms with Gasteiger partial charge in [0.1, 0.15) is 0 Å². The largest absolute Gasteiger partial charge is 0.302 e. The molecule has 0 fully saturated rings. The molecule has 0 aliphatic carbocycles. The van der Waals surface area contributed by atoms with E-state index in [2.05, 4.69) is 23.5 Å². The summed E-state index contributed by atoms with van der Waals surface area (Å²) in [6.07, 6.45) is 3.48. The molecule has 0 bridgehead atoms. The predicted molar refractivity (Wildman–Crippen MR) is 107 cm³/mol. The Kier molecular flexibility index (Phi) is 6.69. The number of fused-ring (bicyclic) bond motifs is 1. The van der Waals surface area contributed by atoms with Crippen LogP contribution in [0.25, 0.3) is 10.2 Å². The Labute approximate surface area is 158 Å². The molecule has 6 nitrogen and oxygen atoms in total. The molecular formula is C18H23N3O3S2. The van der Waals surface area contributed by atoms with Crippen LogP contribution in [0, 0.1) is 5.92 Å². The second kappa shape index (κ2) is 8.57. The minimum absolute atomic E-state index is 0.102. The zero-order valence-electron chi connectivity index (χ0n) is 14.9. The van der Waals surface area contributed by atoms with Gasteiger partial charge in [-0.2, -0.15) is 4.31 Å². The highest BCUT2D eigenvalue weighted by Gasteiger charge is 2.23. The molecule has 1 amide bonds. The van der Waals surface area contributed by atoms with E-state index >= 15 is 0 Å². The third kappa shape index (κ3) is 4.78. The summed E-state index contributed by atoms with van der Waals surface area (Å²) < 4.78 is 27.6. The molecule has 0 atom stereocenters. The number of carbonyl (C=O) groups excluding carboxylic acids is 1. The van der Waals surface area contributed by atoms with Crippen molar-refractivity contribution >= 4 is 42.6 Å². The van der Waals surface area contributed by atoms with Crippen LogP contribution < -0.4 is 5.32 Å². The SMILES string of the molecule is C=CCN(CC=C)S(=O)(=O)c1ccc2nc(NC(=O)CC(C)C)sc2c1. The van der Waals surface area contributed by atoms with Gasteiger partial charge in [-0.25, -0.2) is 13.4 Å². The molecule has 0 unspecified atom stereocenters. The van der Waals surface area contributed by atoms with Crippen LogP contribution in [-0.4, -0.2) is 36.7 Å². The van der Waals surface area contributed by atoms with Crippen LogP contribution in [0.1, 0.15) is 20.3 Å². The highest BCUT2D eigenvalue weighted by Crippen LogP contribution is 2.29. The van der Waals surface area contributed by atoms with Crippen molar-refractivity contribution in [1.82, 2.24) is 9.29 Å². The first kappa shape index (κ1) is 20.3. The van der Waals surface area contributed by atoms with Crippen molar-refractivity contribution in [2.45, 2.75) is 25.2 Å². The number of sulfonamides is 1. The van der Waals surface area contributed by atoms with E-state index in [1.165, 1.54) is 33.9 Å². The van der Waals surface area contributed by atoms with Gasteiger partial charge in [-0.15, -0.1) is 13.2 Å². The summed E-state index contributed by atoms with van der Waals surface area (Å²) in [7, 11) is -3.66. The standard InChI is InChI=1S/C18H23N3O3S2/c1-5-9-21(10-6-2)26(23,24)14-7-8-15-16(12-14)25-18(19-15)20-17(22)11-13(3)4/h5-8,12-13H,1-2,9-11H2,3-4H3,(H,19,20,22). The van der Waals surface area contributed by atoms with Crippen LogP contribution in [0.3, 0.4) is 0 Å². The van der Waals surface area contributed by atoms with Gasteiger partial charge in [0.15, 0.2) is 5.13 Å². The monoisotopic (exact) mass is 393 g/mol. The number of benzene rings is 1. The summed E-state index contributed by atoms with van der Waals surface area (Å²) in [5.41, 5.74) is 0.646. The number of rotatable bonds is 9. The second-order valence-corrected chi connectivity index (χ2v) is 9.16. The molecule has 2 rings (SSSR count). The average molecular weight is 394 g/mol. The highest BCUT2D eigenvalue weighted by atomic mass is 32.2. The van der Waals surface area contributed by atoms with Gasteiger partial charge in [-0.1, -0.05) is 37.3 Å². The maximum absolute atomic E-state index is 12.8. The number of thiazole rings is 1. The predicted octanol–water partition coefficient (Wildman–Crippen LogP) is 3.64. The fourth-order valence-electron chi connectivity index (χ4n) is 2.37. The zero-order chi connectivity index (χ0) is 19.3. The van der Waals surface area contributed by atoms with E-state index in [-0.39, 0.29) is 29.8 Å². The lowest BCUT2D eigenvalue weighted by Gasteiger charge is -2.18. The number of hydrogen-bond acceptors (Lipinski definition) is 5. The van der Waals surface area contributed by atoms with Gasteiger partial charge in [-0.3, -0.25) is 4.79 Å². The number of carbonyl (C=O) groups is 1. The minimum Gasteiger partial charge on any atom is -0.302 e. The van der Waals surface area contributed by atoms with E-state index in [0.29, 0.717) is 21.8 Å². The minimum atomic E-state index is -3.66. The summed E-state index contributed by atoms with van der Waals surface area (Å²) >= 11 is 1.26. The Morgan fingerprint density at radius 1 is 1.31 bits per heavy atom. The van der Waals surface area contributed by atoms with Crippen molar-refractivity contribution in [3.63, 3.8) is 0 Å². The lowest BCUT2D eigenvalue weighted by Crippen LogP contribution is -2.31. The molecule has 140 valence electrons. The summed E-state index contributed by atoms with van der Waals surface area (Å²) in [5, 5.41) is 3.23. The van der Waals surface area contributed by atoms with Crippen LogP contribution in [0.2, 0.25) is 0 Å². The number of nitrogens with one attached hydrogen (secondary N) is 1. The molecule has 1 aromatic heterocycles. The third-order valence-electron chi connectivity index (χ3n) is 3.50.